The van der Waals surface area contributed by atoms with Crippen LogP contribution in [0.15, 0.2) is 96.2 Å². The summed E-state index contributed by atoms with van der Waals surface area (Å²) < 4.78 is 0. The molecule has 2 aromatic rings. The van der Waals surface area contributed by atoms with Crippen LogP contribution in [0.25, 0.3) is 0 Å². The summed E-state index contributed by atoms with van der Waals surface area (Å²) in [5, 5.41) is 0. The standard InChI is InChI=1S/C27H34N2O/c1-3-5-13-23(12-4-2)18-26(28)19-27(30)22-29(20-24-14-8-6-9-15-24)21-25-16-10-7-11-17-25/h5-17,19H,3-4,18,20-22,28H2,1-2H3/b13-5-,23-12+,26-19-. The Morgan fingerprint density at radius 3 is 1.97 bits per heavy atom. The molecule has 0 aliphatic heterocycles. The number of carbonyl (C=O) groups excluding carboxylic acids is 1. The fourth-order valence-electron chi connectivity index (χ4n) is 3.34. The molecule has 0 atom stereocenters. The van der Waals surface area contributed by atoms with E-state index in [1.54, 1.807) is 6.08 Å². The normalized spacial score (nSPS) is 12.6. The molecule has 3 nitrogen and oxygen atoms in total. The van der Waals surface area contributed by atoms with Crippen LogP contribution in [0.3, 0.4) is 0 Å². The van der Waals surface area contributed by atoms with Crippen molar-refractivity contribution in [1.29, 1.82) is 0 Å². The summed E-state index contributed by atoms with van der Waals surface area (Å²) in [6.07, 6.45) is 10.5. The van der Waals surface area contributed by atoms with E-state index in [2.05, 4.69) is 61.2 Å². The lowest BCUT2D eigenvalue weighted by Gasteiger charge is -2.21. The van der Waals surface area contributed by atoms with Gasteiger partial charge in [-0.05, 0) is 29.5 Å². The number of carbonyl (C=O) groups is 1. The van der Waals surface area contributed by atoms with Gasteiger partial charge in [-0.3, -0.25) is 9.69 Å². The molecule has 0 saturated carbocycles. The number of ketones is 1. The van der Waals surface area contributed by atoms with Gasteiger partial charge in [0.2, 0.25) is 0 Å². The monoisotopic (exact) mass is 402 g/mol. The van der Waals surface area contributed by atoms with Crippen LogP contribution in [0.4, 0.5) is 0 Å². The van der Waals surface area contributed by atoms with E-state index < -0.39 is 0 Å². The van der Waals surface area contributed by atoms with Crippen LogP contribution in [0.1, 0.15) is 44.2 Å². The number of nitrogens with zero attached hydrogens (tertiary/aromatic N) is 1. The van der Waals surface area contributed by atoms with Gasteiger partial charge in [-0.15, -0.1) is 0 Å². The van der Waals surface area contributed by atoms with Crippen LogP contribution in [0, 0.1) is 0 Å². The first kappa shape index (κ1) is 23.4. The molecule has 0 radical (unpaired) electrons. The molecule has 158 valence electrons. The van der Waals surface area contributed by atoms with Crippen molar-refractivity contribution in [2.24, 2.45) is 5.73 Å². The molecule has 0 saturated heterocycles. The average molecular weight is 403 g/mol. The molecular formula is C27H34N2O. The van der Waals surface area contributed by atoms with Crippen LogP contribution in [-0.2, 0) is 17.9 Å². The Balaban J connectivity index is 2.07. The maximum atomic E-state index is 12.8. The lowest BCUT2D eigenvalue weighted by atomic mass is 10.1. The van der Waals surface area contributed by atoms with E-state index in [9.17, 15) is 4.79 Å². The van der Waals surface area contributed by atoms with Gasteiger partial charge in [0.05, 0.1) is 6.54 Å². The van der Waals surface area contributed by atoms with Crippen molar-refractivity contribution >= 4 is 5.78 Å². The number of benzene rings is 2. The molecule has 2 rings (SSSR count). The first-order valence-electron chi connectivity index (χ1n) is 10.7. The van der Waals surface area contributed by atoms with Gasteiger partial charge in [-0.25, -0.2) is 0 Å². The van der Waals surface area contributed by atoms with Crippen LogP contribution < -0.4 is 5.73 Å². The molecule has 30 heavy (non-hydrogen) atoms. The number of allylic oxidation sites excluding steroid dienone is 4. The second-order valence-electron chi connectivity index (χ2n) is 7.48. The Morgan fingerprint density at radius 1 is 0.900 bits per heavy atom. The molecule has 0 fully saturated rings. The molecule has 0 aliphatic rings. The minimum absolute atomic E-state index is 0.0367. The molecule has 0 bridgehead atoms. The van der Waals surface area contributed by atoms with Gasteiger partial charge in [-0.1, -0.05) is 92.7 Å². The van der Waals surface area contributed by atoms with E-state index in [-0.39, 0.29) is 5.78 Å². The summed E-state index contributed by atoms with van der Waals surface area (Å²) in [6.45, 7) is 5.99. The van der Waals surface area contributed by atoms with E-state index in [0.29, 0.717) is 18.7 Å². The van der Waals surface area contributed by atoms with Crippen molar-refractivity contribution in [3.05, 3.63) is 107 Å². The largest absolute Gasteiger partial charge is 0.402 e. The molecule has 0 aromatic heterocycles. The third kappa shape index (κ3) is 9.06. The van der Waals surface area contributed by atoms with Crippen molar-refractivity contribution in [3.8, 4) is 0 Å². The summed E-state index contributed by atoms with van der Waals surface area (Å²) in [5.41, 5.74) is 10.4. The van der Waals surface area contributed by atoms with Gasteiger partial charge >= 0.3 is 0 Å². The van der Waals surface area contributed by atoms with Gasteiger partial charge in [0.15, 0.2) is 5.78 Å². The van der Waals surface area contributed by atoms with E-state index in [1.807, 2.05) is 36.4 Å². The molecule has 2 aromatic carbocycles. The number of hydrogen-bond acceptors (Lipinski definition) is 3. The zero-order valence-electron chi connectivity index (χ0n) is 18.3. The highest BCUT2D eigenvalue weighted by Crippen LogP contribution is 2.13. The quantitative estimate of drug-likeness (QED) is 0.361. The second-order valence-corrected chi connectivity index (χ2v) is 7.48. The van der Waals surface area contributed by atoms with Crippen LogP contribution >= 0.6 is 0 Å². The molecule has 0 unspecified atom stereocenters. The first-order valence-corrected chi connectivity index (χ1v) is 10.7. The fraction of sp³-hybridized carbons (Fsp3) is 0.296. The van der Waals surface area contributed by atoms with Crippen molar-refractivity contribution in [2.75, 3.05) is 6.54 Å². The molecule has 0 amide bonds. The van der Waals surface area contributed by atoms with E-state index in [0.717, 1.165) is 31.5 Å². The zero-order chi connectivity index (χ0) is 21.6. The number of nitrogens with two attached hydrogens (primary N) is 1. The molecule has 0 heterocycles. The number of rotatable bonds is 12. The van der Waals surface area contributed by atoms with E-state index >= 15 is 0 Å². The van der Waals surface area contributed by atoms with Gasteiger partial charge in [0, 0.05) is 31.3 Å². The predicted octanol–water partition coefficient (Wildman–Crippen LogP) is 5.79. The fourth-order valence-corrected chi connectivity index (χ4v) is 3.34. The summed E-state index contributed by atoms with van der Waals surface area (Å²) >= 11 is 0. The van der Waals surface area contributed by atoms with E-state index in [1.165, 1.54) is 11.1 Å². The van der Waals surface area contributed by atoms with Gasteiger partial charge < -0.3 is 5.73 Å². The Hall–Kier alpha value is -2.91. The minimum Gasteiger partial charge on any atom is -0.402 e. The maximum Gasteiger partial charge on any atom is 0.171 e. The lowest BCUT2D eigenvalue weighted by Crippen LogP contribution is -2.28. The predicted molar refractivity (Wildman–Crippen MR) is 127 cm³/mol. The Morgan fingerprint density at radius 2 is 1.47 bits per heavy atom. The SMILES string of the molecule is CC/C=C\C(=C/CC)C/C(N)=C/C(=O)CN(Cc1ccccc1)Cc1ccccc1. The van der Waals surface area contributed by atoms with Crippen LogP contribution in [-0.4, -0.2) is 17.2 Å². The lowest BCUT2D eigenvalue weighted by molar-refractivity contribution is -0.116. The van der Waals surface area contributed by atoms with Crippen molar-refractivity contribution in [1.82, 2.24) is 4.90 Å². The molecular weight excluding hydrogens is 368 g/mol. The Labute approximate surface area is 181 Å². The summed E-state index contributed by atoms with van der Waals surface area (Å²) in [7, 11) is 0. The second kappa shape index (κ2) is 13.3. The van der Waals surface area contributed by atoms with Crippen molar-refractivity contribution < 1.29 is 4.79 Å². The summed E-state index contributed by atoms with van der Waals surface area (Å²) in [5.74, 6) is 0.0367. The van der Waals surface area contributed by atoms with Crippen molar-refractivity contribution in [2.45, 2.75) is 46.2 Å². The van der Waals surface area contributed by atoms with Crippen LogP contribution in [0.2, 0.25) is 0 Å². The average Bonchev–Trinajstić information content (AvgIpc) is 2.73. The maximum absolute atomic E-state index is 12.8. The van der Waals surface area contributed by atoms with Crippen LogP contribution in [0.5, 0.6) is 0 Å². The Kier molecular flexibility index (Phi) is 10.4. The first-order chi connectivity index (χ1) is 14.6. The van der Waals surface area contributed by atoms with Gasteiger partial charge in [0.25, 0.3) is 0 Å². The zero-order valence-corrected chi connectivity index (χ0v) is 18.3. The Bertz CT molecular complexity index is 809. The summed E-state index contributed by atoms with van der Waals surface area (Å²) in [6, 6.07) is 20.5. The third-order valence-electron chi connectivity index (χ3n) is 4.67. The third-order valence-corrected chi connectivity index (χ3v) is 4.67. The smallest absolute Gasteiger partial charge is 0.171 e. The van der Waals surface area contributed by atoms with E-state index in [4.69, 9.17) is 5.73 Å². The van der Waals surface area contributed by atoms with Gasteiger partial charge in [0.1, 0.15) is 0 Å². The molecule has 2 N–H and O–H groups in total. The highest BCUT2D eigenvalue weighted by molar-refractivity contribution is 5.92. The van der Waals surface area contributed by atoms with Crippen molar-refractivity contribution in [3.63, 3.8) is 0 Å². The topological polar surface area (TPSA) is 46.3 Å². The molecule has 3 heteroatoms. The molecule has 0 aliphatic carbocycles. The van der Waals surface area contributed by atoms with Gasteiger partial charge in [-0.2, -0.15) is 0 Å². The molecule has 0 spiro atoms. The minimum atomic E-state index is 0.0367. The number of hydrogen-bond donors (Lipinski definition) is 1. The summed E-state index contributed by atoms with van der Waals surface area (Å²) in [4.78, 5) is 14.9. The highest BCUT2D eigenvalue weighted by Gasteiger charge is 2.11. The highest BCUT2D eigenvalue weighted by atomic mass is 16.1.